The second-order valence-electron chi connectivity index (χ2n) is 19.7. The molecule has 0 saturated heterocycles. The first-order valence-corrected chi connectivity index (χ1v) is 21.3. The van der Waals surface area contributed by atoms with Crippen LogP contribution >= 0.6 is 0 Å². The number of hydrogen-bond donors (Lipinski definition) is 1. The molecule has 4 heterocycles. The van der Waals surface area contributed by atoms with Gasteiger partial charge in [0.15, 0.2) is 7.28 Å². The van der Waals surface area contributed by atoms with Crippen LogP contribution in [0.5, 0.6) is 0 Å². The number of para-hydroxylation sites is 2. The molecule has 1 aliphatic carbocycles. The third kappa shape index (κ3) is 4.97. The molecule has 0 fully saturated rings. The van der Waals surface area contributed by atoms with Gasteiger partial charge in [0.05, 0.1) is 5.52 Å². The molecule has 0 atom stereocenters. The Bertz CT molecular complexity index is 3420. The van der Waals surface area contributed by atoms with Crippen molar-refractivity contribution < 1.29 is 8.83 Å². The number of benzene rings is 7. The molecule has 0 bridgehead atoms. The third-order valence-corrected chi connectivity index (χ3v) is 14.0. The summed E-state index contributed by atoms with van der Waals surface area (Å²) in [7, 11) is 0.800. The van der Waals surface area contributed by atoms with E-state index in [4.69, 9.17) is 8.83 Å². The van der Waals surface area contributed by atoms with Crippen LogP contribution in [0.4, 0.5) is 11.4 Å². The second-order valence-corrected chi connectivity index (χ2v) is 19.7. The molecule has 1 aliphatic heterocycles. The van der Waals surface area contributed by atoms with Crippen LogP contribution in [-0.2, 0) is 16.2 Å². The largest absolute Gasteiger partial charge is 0.456 e. The van der Waals surface area contributed by atoms with Crippen LogP contribution in [0.15, 0.2) is 130 Å². The number of nitrogens with one attached hydrogen (secondary N) is 1. The molecule has 1 N–H and O–H groups in total. The molecule has 288 valence electrons. The fraction of sp³-hybridized carbons (Fsp3) is 0.222. The Morgan fingerprint density at radius 3 is 2.02 bits per heavy atom. The molecular formula is C54H47BN2O2. The highest BCUT2D eigenvalue weighted by Crippen LogP contribution is 2.50. The summed E-state index contributed by atoms with van der Waals surface area (Å²) in [5.41, 5.74) is 19.1. The van der Waals surface area contributed by atoms with Gasteiger partial charge in [0.2, 0.25) is 0 Å². The van der Waals surface area contributed by atoms with Gasteiger partial charge in [-0.3, -0.25) is 0 Å². The van der Waals surface area contributed by atoms with Crippen LogP contribution in [0.1, 0.15) is 78.0 Å². The van der Waals surface area contributed by atoms with Crippen LogP contribution < -0.4 is 16.2 Å². The van der Waals surface area contributed by atoms with Crippen molar-refractivity contribution in [1.82, 2.24) is 4.57 Å². The molecule has 59 heavy (non-hydrogen) atoms. The van der Waals surface area contributed by atoms with E-state index in [0.29, 0.717) is 0 Å². The van der Waals surface area contributed by atoms with Crippen molar-refractivity contribution in [3.05, 3.63) is 138 Å². The van der Waals surface area contributed by atoms with Gasteiger partial charge in [-0.15, -0.1) is 0 Å². The summed E-state index contributed by atoms with van der Waals surface area (Å²) in [6.07, 6.45) is 2.32. The van der Waals surface area contributed by atoms with Crippen molar-refractivity contribution in [3.63, 3.8) is 0 Å². The Labute approximate surface area is 345 Å². The van der Waals surface area contributed by atoms with E-state index < -0.39 is 0 Å². The van der Waals surface area contributed by atoms with Crippen molar-refractivity contribution in [2.24, 2.45) is 0 Å². The minimum Gasteiger partial charge on any atom is -0.456 e. The van der Waals surface area contributed by atoms with E-state index in [1.807, 2.05) is 0 Å². The zero-order chi connectivity index (χ0) is 40.2. The smallest absolute Gasteiger partial charge is 0.198 e. The highest BCUT2D eigenvalue weighted by Gasteiger charge is 2.38. The number of rotatable bonds is 3. The third-order valence-electron chi connectivity index (χ3n) is 14.0. The number of fused-ring (bicyclic) bond motifs is 13. The van der Waals surface area contributed by atoms with E-state index in [1.165, 1.54) is 71.6 Å². The molecule has 4 nitrogen and oxygen atoms in total. The quantitative estimate of drug-likeness (QED) is 0.182. The van der Waals surface area contributed by atoms with Crippen LogP contribution in [0.3, 0.4) is 0 Å². The van der Waals surface area contributed by atoms with E-state index in [0.717, 1.165) is 70.0 Å². The molecule has 0 saturated carbocycles. The lowest BCUT2D eigenvalue weighted by Gasteiger charge is -2.42. The van der Waals surface area contributed by atoms with Crippen LogP contribution in [-0.4, -0.2) is 11.8 Å². The number of nitrogens with zero attached hydrogens (tertiary/aromatic N) is 1. The molecule has 0 amide bonds. The van der Waals surface area contributed by atoms with Crippen molar-refractivity contribution in [1.29, 1.82) is 0 Å². The summed E-state index contributed by atoms with van der Waals surface area (Å²) in [5, 5.41) is 11.1. The SMILES string of the molecule is CC(C)(C)c1ccc(Nc2cc3c(cc2-c2ccc4c5c6c(ccc5n5c4c2Bc2cc4c(cc2-5)oc2ccccc24)oc2ccccc26)C(C)(C)CCC3(C)C)cc1. The first-order valence-electron chi connectivity index (χ1n) is 21.3. The van der Waals surface area contributed by atoms with E-state index in [9.17, 15) is 0 Å². The molecule has 12 rings (SSSR count). The van der Waals surface area contributed by atoms with Crippen LogP contribution in [0.2, 0.25) is 0 Å². The van der Waals surface area contributed by atoms with Gasteiger partial charge in [0.1, 0.15) is 22.3 Å². The molecule has 0 unspecified atom stereocenters. The summed E-state index contributed by atoms with van der Waals surface area (Å²) in [6, 6.07) is 44.9. The Morgan fingerprint density at radius 1 is 0.593 bits per heavy atom. The van der Waals surface area contributed by atoms with Gasteiger partial charge < -0.3 is 18.7 Å². The van der Waals surface area contributed by atoms with Crippen molar-refractivity contribution in [2.75, 3.05) is 5.32 Å². The minimum absolute atomic E-state index is 0.0528. The second kappa shape index (κ2) is 11.7. The van der Waals surface area contributed by atoms with Gasteiger partial charge >= 0.3 is 0 Å². The minimum atomic E-state index is 0.0528. The van der Waals surface area contributed by atoms with Crippen LogP contribution in [0, 0.1) is 0 Å². The lowest BCUT2D eigenvalue weighted by atomic mass is 9.58. The lowest BCUT2D eigenvalue weighted by Crippen LogP contribution is -2.37. The Hall–Kier alpha value is -6.20. The zero-order valence-electron chi connectivity index (χ0n) is 34.9. The monoisotopic (exact) mass is 766 g/mol. The molecule has 0 radical (unpaired) electrons. The maximum Gasteiger partial charge on any atom is 0.198 e. The summed E-state index contributed by atoms with van der Waals surface area (Å²) in [4.78, 5) is 0. The first kappa shape index (κ1) is 34.8. The van der Waals surface area contributed by atoms with E-state index in [2.05, 4.69) is 180 Å². The zero-order valence-corrected chi connectivity index (χ0v) is 34.9. The molecule has 3 aromatic heterocycles. The van der Waals surface area contributed by atoms with Gasteiger partial charge in [-0.25, -0.2) is 0 Å². The maximum atomic E-state index is 6.55. The van der Waals surface area contributed by atoms with Crippen LogP contribution in [0.25, 0.3) is 82.5 Å². The fourth-order valence-corrected chi connectivity index (χ4v) is 10.7. The highest BCUT2D eigenvalue weighted by molar-refractivity contribution is 6.74. The standard InChI is InChI=1S/C54H47BN2O2/c1-52(2,3)30-16-18-31(19-17-30)56-41-28-39-38(53(4,5)24-25-54(39,6)7)26-36(41)33-20-21-35-48-42(22-23-46-49(48)34-13-9-11-15-45(34)58-46)57-43-29-47-37(27-40(43)55-50(33)51(35)57)32-12-8-10-14-44(32)59-47/h8-23,26-29,55-56H,24-25H2,1-7H3. The molecule has 0 spiro atoms. The van der Waals surface area contributed by atoms with Gasteiger partial charge in [0, 0.05) is 66.5 Å². The Kier molecular flexibility index (Phi) is 6.92. The van der Waals surface area contributed by atoms with E-state index in [1.54, 1.807) is 0 Å². The average molecular weight is 767 g/mol. The predicted molar refractivity (Wildman–Crippen MR) is 251 cm³/mol. The normalized spacial score (nSPS) is 15.6. The molecular weight excluding hydrogens is 719 g/mol. The summed E-state index contributed by atoms with van der Waals surface area (Å²) >= 11 is 0. The van der Waals surface area contributed by atoms with Crippen molar-refractivity contribution >= 4 is 95.3 Å². The topological polar surface area (TPSA) is 43.2 Å². The number of hydrogen-bond acceptors (Lipinski definition) is 3. The molecule has 7 aromatic carbocycles. The summed E-state index contributed by atoms with van der Waals surface area (Å²) in [5.74, 6) is 0. The molecule has 2 aliphatic rings. The first-order chi connectivity index (χ1) is 28.3. The molecule has 10 aromatic rings. The summed E-state index contributed by atoms with van der Waals surface area (Å²) in [6.45, 7) is 16.6. The summed E-state index contributed by atoms with van der Waals surface area (Å²) < 4.78 is 15.6. The van der Waals surface area contributed by atoms with Gasteiger partial charge in [-0.1, -0.05) is 121 Å². The van der Waals surface area contributed by atoms with Crippen molar-refractivity contribution in [3.8, 4) is 16.8 Å². The lowest BCUT2D eigenvalue weighted by molar-refractivity contribution is 0.332. The molecule has 5 heteroatoms. The predicted octanol–water partition coefficient (Wildman–Crippen LogP) is 13.3. The van der Waals surface area contributed by atoms with Gasteiger partial charge in [-0.2, -0.15) is 0 Å². The number of furan rings is 2. The average Bonchev–Trinajstić information content (AvgIpc) is 3.89. The maximum absolute atomic E-state index is 6.55. The van der Waals surface area contributed by atoms with Gasteiger partial charge in [0.25, 0.3) is 0 Å². The fourth-order valence-electron chi connectivity index (χ4n) is 10.7. The van der Waals surface area contributed by atoms with Crippen molar-refractivity contribution in [2.45, 2.75) is 77.6 Å². The highest BCUT2D eigenvalue weighted by atomic mass is 16.3. The number of anilines is 2. The Morgan fingerprint density at radius 2 is 1.27 bits per heavy atom. The van der Waals surface area contributed by atoms with E-state index in [-0.39, 0.29) is 16.2 Å². The van der Waals surface area contributed by atoms with Gasteiger partial charge in [-0.05, 0) is 105 Å². The van der Waals surface area contributed by atoms with E-state index >= 15 is 0 Å². The Balaban J connectivity index is 1.18. The number of aromatic nitrogens is 1.